The molecule has 0 saturated carbocycles. The molecule has 1 heterocycles. The molecule has 0 spiro atoms. The first-order valence-corrected chi connectivity index (χ1v) is 5.65. The van der Waals surface area contributed by atoms with Crippen LogP contribution in [-0.4, -0.2) is 31.2 Å². The van der Waals surface area contributed by atoms with Gasteiger partial charge >= 0.3 is 12.3 Å². The Morgan fingerprint density at radius 2 is 1.86 bits per heavy atom. The zero-order valence-corrected chi connectivity index (χ0v) is 10.5. The van der Waals surface area contributed by atoms with Gasteiger partial charge in [0.25, 0.3) is 0 Å². The van der Waals surface area contributed by atoms with Gasteiger partial charge in [-0.05, 0) is 29.8 Å². The summed E-state index contributed by atoms with van der Waals surface area (Å²) in [6.07, 6.45) is -0.662. The van der Waals surface area contributed by atoms with Crippen LogP contribution in [0.4, 0.5) is 13.2 Å². The molecule has 112 valence electrons. The van der Waals surface area contributed by atoms with Gasteiger partial charge in [-0.2, -0.15) is 5.10 Å². The summed E-state index contributed by atoms with van der Waals surface area (Å²) >= 11 is 0. The van der Waals surface area contributed by atoms with E-state index in [4.69, 9.17) is 5.73 Å². The molecule has 0 aromatic heterocycles. The molecule has 0 bridgehead atoms. The van der Waals surface area contributed by atoms with Crippen LogP contribution in [0.5, 0.6) is 5.75 Å². The number of benzene rings is 1. The Hall–Kier alpha value is -2.62. The first-order valence-electron chi connectivity index (χ1n) is 5.65. The Morgan fingerprint density at radius 1 is 1.24 bits per heavy atom. The van der Waals surface area contributed by atoms with Crippen molar-refractivity contribution in [2.75, 3.05) is 0 Å². The van der Waals surface area contributed by atoms with Crippen LogP contribution in [0, 0.1) is 0 Å². The largest absolute Gasteiger partial charge is 0.573 e. The number of hydrazone groups is 1. The Kier molecular flexibility index (Phi) is 4.08. The summed E-state index contributed by atoms with van der Waals surface area (Å²) < 4.78 is 39.7. The molecule has 10 heteroatoms. The standard InChI is InChI=1S/C11H11F3N6O/c12-10(13,14)21-9-3-1-8(2-4-9)5-19-20-11(15)17-6-16-7-18-11/h1-7,20H,15H2,(H,16,17,18). The fourth-order valence-corrected chi connectivity index (χ4v) is 1.35. The Labute approximate surface area is 117 Å². The predicted molar refractivity (Wildman–Crippen MR) is 70.9 cm³/mol. The molecule has 0 saturated heterocycles. The summed E-state index contributed by atoms with van der Waals surface area (Å²) in [5.74, 6) is -1.71. The molecule has 0 fully saturated rings. The molecular weight excluding hydrogens is 289 g/mol. The molecule has 4 N–H and O–H groups in total. The fourth-order valence-electron chi connectivity index (χ4n) is 1.35. The van der Waals surface area contributed by atoms with Crippen molar-refractivity contribution in [3.05, 3.63) is 29.8 Å². The molecule has 0 atom stereocenters. The van der Waals surface area contributed by atoms with Crippen molar-refractivity contribution in [2.24, 2.45) is 20.8 Å². The SMILES string of the molecule is NC1(NN=Cc2ccc(OC(F)(F)F)cc2)N=CNC=N1. The summed E-state index contributed by atoms with van der Waals surface area (Å²) in [5, 5.41) is 6.43. The molecule has 21 heavy (non-hydrogen) atoms. The van der Waals surface area contributed by atoms with E-state index in [9.17, 15) is 13.2 Å². The molecule has 0 unspecified atom stereocenters. The van der Waals surface area contributed by atoms with Crippen LogP contribution in [0.1, 0.15) is 5.56 Å². The highest BCUT2D eigenvalue weighted by Crippen LogP contribution is 2.22. The smallest absolute Gasteiger partial charge is 0.406 e. The van der Waals surface area contributed by atoms with Gasteiger partial charge in [0.1, 0.15) is 5.75 Å². The zero-order chi connectivity index (χ0) is 15.3. The molecule has 1 aliphatic heterocycles. The van der Waals surface area contributed by atoms with E-state index < -0.39 is 12.3 Å². The maximum absolute atomic E-state index is 12.0. The van der Waals surface area contributed by atoms with E-state index in [1.54, 1.807) is 0 Å². The van der Waals surface area contributed by atoms with Gasteiger partial charge in [0.2, 0.25) is 0 Å². The van der Waals surface area contributed by atoms with E-state index in [1.807, 2.05) is 0 Å². The number of alkyl halides is 3. The molecule has 1 aromatic carbocycles. The van der Waals surface area contributed by atoms with Crippen LogP contribution in [0.3, 0.4) is 0 Å². The molecule has 0 amide bonds. The van der Waals surface area contributed by atoms with Crippen molar-refractivity contribution in [1.29, 1.82) is 0 Å². The summed E-state index contributed by atoms with van der Waals surface area (Å²) in [7, 11) is 0. The number of hydrogen-bond donors (Lipinski definition) is 3. The summed E-state index contributed by atoms with van der Waals surface area (Å²) in [4.78, 5) is 7.64. The molecule has 0 radical (unpaired) electrons. The Balaban J connectivity index is 1.94. The van der Waals surface area contributed by atoms with Crippen LogP contribution in [-0.2, 0) is 0 Å². The van der Waals surface area contributed by atoms with Crippen LogP contribution in [0.25, 0.3) is 0 Å². The second-order valence-electron chi connectivity index (χ2n) is 3.90. The topological polar surface area (TPSA) is 96.4 Å². The minimum Gasteiger partial charge on any atom is -0.406 e. The molecule has 1 aliphatic rings. The average Bonchev–Trinajstić information content (AvgIpc) is 2.40. The summed E-state index contributed by atoms with van der Waals surface area (Å²) in [6.45, 7) is 0. The van der Waals surface area contributed by atoms with E-state index in [2.05, 4.69) is 30.6 Å². The molecule has 2 rings (SSSR count). The third-order valence-corrected chi connectivity index (χ3v) is 2.23. The van der Waals surface area contributed by atoms with Crippen molar-refractivity contribution in [3.8, 4) is 5.75 Å². The van der Waals surface area contributed by atoms with Gasteiger partial charge in [0.05, 0.1) is 18.9 Å². The van der Waals surface area contributed by atoms with Crippen LogP contribution in [0.2, 0.25) is 0 Å². The van der Waals surface area contributed by atoms with Gasteiger partial charge in [-0.1, -0.05) is 0 Å². The van der Waals surface area contributed by atoms with Crippen molar-refractivity contribution < 1.29 is 17.9 Å². The minimum atomic E-state index is -4.71. The molecule has 1 aromatic rings. The number of hydrogen-bond acceptors (Lipinski definition) is 7. The van der Waals surface area contributed by atoms with Crippen LogP contribution in [0.15, 0.2) is 39.4 Å². The van der Waals surface area contributed by atoms with Crippen molar-refractivity contribution in [1.82, 2.24) is 10.7 Å². The molecular formula is C11H11F3N6O. The second kappa shape index (κ2) is 5.79. The maximum atomic E-state index is 12.0. The first-order chi connectivity index (χ1) is 9.86. The second-order valence-corrected chi connectivity index (χ2v) is 3.90. The van der Waals surface area contributed by atoms with Gasteiger partial charge in [-0.3, -0.25) is 11.2 Å². The van der Waals surface area contributed by atoms with E-state index in [1.165, 1.54) is 43.2 Å². The molecule has 0 aliphatic carbocycles. The fraction of sp³-hybridized carbons (Fsp3) is 0.182. The van der Waals surface area contributed by atoms with Crippen molar-refractivity contribution in [2.45, 2.75) is 12.3 Å². The normalized spacial score (nSPS) is 16.8. The van der Waals surface area contributed by atoms with Crippen LogP contribution < -0.4 is 21.2 Å². The highest BCUT2D eigenvalue weighted by atomic mass is 19.4. The lowest BCUT2D eigenvalue weighted by molar-refractivity contribution is -0.274. The van der Waals surface area contributed by atoms with Crippen molar-refractivity contribution >= 4 is 18.9 Å². The number of nitrogens with one attached hydrogen (secondary N) is 2. The van der Waals surface area contributed by atoms with Gasteiger partial charge in [0, 0.05) is 0 Å². The summed E-state index contributed by atoms with van der Waals surface area (Å²) in [5.41, 5.74) is 8.75. The third-order valence-electron chi connectivity index (χ3n) is 2.23. The van der Waals surface area contributed by atoms with Gasteiger partial charge in [-0.25, -0.2) is 9.98 Å². The quantitative estimate of drug-likeness (QED) is 0.434. The number of ether oxygens (including phenoxy) is 1. The van der Waals surface area contributed by atoms with Gasteiger partial charge in [0.15, 0.2) is 0 Å². The maximum Gasteiger partial charge on any atom is 0.573 e. The monoisotopic (exact) mass is 300 g/mol. The zero-order valence-electron chi connectivity index (χ0n) is 10.5. The highest BCUT2D eigenvalue weighted by Gasteiger charge is 2.30. The van der Waals surface area contributed by atoms with E-state index >= 15 is 0 Å². The highest BCUT2D eigenvalue weighted by molar-refractivity contribution is 5.79. The lowest BCUT2D eigenvalue weighted by atomic mass is 10.2. The predicted octanol–water partition coefficient (Wildman–Crippen LogP) is 0.738. The van der Waals surface area contributed by atoms with E-state index in [0.29, 0.717) is 5.56 Å². The van der Waals surface area contributed by atoms with Crippen LogP contribution >= 0.6 is 0 Å². The third kappa shape index (κ3) is 4.76. The van der Waals surface area contributed by atoms with E-state index in [-0.39, 0.29) is 5.75 Å². The Morgan fingerprint density at radius 3 is 2.43 bits per heavy atom. The number of aliphatic imine (C=N–C) groups is 2. The van der Waals surface area contributed by atoms with Crippen molar-refractivity contribution in [3.63, 3.8) is 0 Å². The summed E-state index contributed by atoms with van der Waals surface area (Å²) in [6, 6.07) is 5.16. The first kappa shape index (κ1) is 14.8. The Bertz CT molecular complexity index is 554. The number of nitrogens with zero attached hydrogens (tertiary/aromatic N) is 3. The molecule has 7 nitrogen and oxygen atoms in total. The number of nitrogens with two attached hydrogens (primary N) is 1. The lowest BCUT2D eigenvalue weighted by Crippen LogP contribution is -2.50. The number of halogens is 3. The number of rotatable bonds is 4. The van der Waals surface area contributed by atoms with E-state index in [0.717, 1.165) is 0 Å². The lowest BCUT2D eigenvalue weighted by Gasteiger charge is -2.20. The minimum absolute atomic E-state index is 0.310. The van der Waals surface area contributed by atoms with Gasteiger partial charge in [-0.15, -0.1) is 13.2 Å². The average molecular weight is 300 g/mol. The van der Waals surface area contributed by atoms with Gasteiger partial charge < -0.3 is 10.1 Å².